The Kier molecular flexibility index (Phi) is 4.55. The van der Waals surface area contributed by atoms with Crippen LogP contribution in [-0.4, -0.2) is 39.5 Å². The lowest BCUT2D eigenvalue weighted by Gasteiger charge is -2.13. The Hall–Kier alpha value is -4.01. The molecule has 9 heteroatoms. The van der Waals surface area contributed by atoms with Crippen molar-refractivity contribution in [2.24, 2.45) is 0 Å². The third kappa shape index (κ3) is 3.58. The van der Waals surface area contributed by atoms with Crippen LogP contribution in [0.1, 0.15) is 15.9 Å². The minimum absolute atomic E-state index is 0.00140. The van der Waals surface area contributed by atoms with E-state index in [2.05, 4.69) is 20.8 Å². The topological polar surface area (TPSA) is 117 Å². The maximum atomic E-state index is 12.5. The molecule has 28 heavy (non-hydrogen) atoms. The van der Waals surface area contributed by atoms with Crippen molar-refractivity contribution in [3.63, 3.8) is 0 Å². The van der Waals surface area contributed by atoms with Crippen LogP contribution in [0, 0.1) is 0 Å². The molecule has 4 rings (SSSR count). The Morgan fingerprint density at radius 3 is 2.68 bits per heavy atom. The molecule has 1 saturated heterocycles. The van der Waals surface area contributed by atoms with E-state index in [4.69, 9.17) is 4.42 Å². The number of rotatable bonds is 5. The summed E-state index contributed by atoms with van der Waals surface area (Å²) in [5.41, 5.74) is 2.45. The average Bonchev–Trinajstić information content (AvgIpc) is 3.35. The van der Waals surface area contributed by atoms with Crippen LogP contribution < -0.4 is 10.6 Å². The first kappa shape index (κ1) is 17.4. The number of hydrogen-bond acceptors (Lipinski definition) is 6. The van der Waals surface area contributed by atoms with Gasteiger partial charge in [-0.3, -0.25) is 14.5 Å². The van der Waals surface area contributed by atoms with Crippen molar-refractivity contribution in [1.82, 2.24) is 20.4 Å². The second-order valence-electron chi connectivity index (χ2n) is 6.11. The predicted octanol–water partition coefficient (Wildman–Crippen LogP) is 2.04. The number of urea groups is 1. The van der Waals surface area contributed by atoms with Gasteiger partial charge in [0.1, 0.15) is 0 Å². The molecule has 1 aromatic heterocycles. The van der Waals surface area contributed by atoms with Gasteiger partial charge in [-0.1, -0.05) is 12.1 Å². The van der Waals surface area contributed by atoms with Gasteiger partial charge in [-0.2, -0.15) is 0 Å². The zero-order valence-corrected chi connectivity index (χ0v) is 14.6. The molecule has 4 amide bonds. The van der Waals surface area contributed by atoms with Gasteiger partial charge in [0.05, 0.1) is 13.1 Å². The Morgan fingerprint density at radius 1 is 1.18 bits per heavy atom. The van der Waals surface area contributed by atoms with Crippen LogP contribution in [0.5, 0.6) is 0 Å². The van der Waals surface area contributed by atoms with Gasteiger partial charge in [0, 0.05) is 16.8 Å². The molecule has 9 nitrogen and oxygen atoms in total. The number of anilines is 1. The Morgan fingerprint density at radius 2 is 2.00 bits per heavy atom. The summed E-state index contributed by atoms with van der Waals surface area (Å²) < 4.78 is 5.13. The number of aromatic nitrogens is 2. The summed E-state index contributed by atoms with van der Waals surface area (Å²) in [6.07, 6.45) is 1.25. The quantitative estimate of drug-likeness (QED) is 0.657. The maximum Gasteiger partial charge on any atom is 0.324 e. The van der Waals surface area contributed by atoms with Gasteiger partial charge in [-0.05, 0) is 42.0 Å². The first-order chi connectivity index (χ1) is 13.6. The van der Waals surface area contributed by atoms with Crippen LogP contribution in [-0.2, 0) is 11.3 Å². The van der Waals surface area contributed by atoms with Crippen LogP contribution >= 0.6 is 0 Å². The van der Waals surface area contributed by atoms with E-state index in [1.165, 1.54) is 6.39 Å². The molecular formula is C19H15N5O4. The second kappa shape index (κ2) is 7.31. The van der Waals surface area contributed by atoms with Gasteiger partial charge in [-0.25, -0.2) is 4.79 Å². The van der Waals surface area contributed by atoms with E-state index in [0.29, 0.717) is 22.7 Å². The summed E-state index contributed by atoms with van der Waals surface area (Å²) >= 11 is 0. The molecule has 2 aromatic carbocycles. The van der Waals surface area contributed by atoms with E-state index in [0.717, 1.165) is 10.5 Å². The number of amides is 4. The molecule has 0 saturated carbocycles. The minimum atomic E-state index is -0.429. The molecule has 1 fully saturated rings. The molecule has 3 aromatic rings. The second-order valence-corrected chi connectivity index (χ2v) is 6.11. The van der Waals surface area contributed by atoms with E-state index >= 15 is 0 Å². The number of benzene rings is 2. The Labute approximate surface area is 159 Å². The highest BCUT2D eigenvalue weighted by atomic mass is 16.4. The molecule has 0 unspecified atom stereocenters. The lowest BCUT2D eigenvalue weighted by Crippen LogP contribution is -2.30. The Bertz CT molecular complexity index is 1010. The number of nitrogens with one attached hydrogen (secondary N) is 2. The van der Waals surface area contributed by atoms with Crippen molar-refractivity contribution in [2.45, 2.75) is 6.54 Å². The van der Waals surface area contributed by atoms with E-state index in [1.54, 1.807) is 48.5 Å². The lowest BCUT2D eigenvalue weighted by atomic mass is 10.1. The van der Waals surface area contributed by atoms with Crippen molar-refractivity contribution in [2.75, 3.05) is 11.9 Å². The zero-order chi connectivity index (χ0) is 19.5. The molecule has 0 atom stereocenters. The fourth-order valence-corrected chi connectivity index (χ4v) is 2.81. The normalized spacial score (nSPS) is 13.5. The van der Waals surface area contributed by atoms with Gasteiger partial charge in [0.15, 0.2) is 0 Å². The molecule has 0 aliphatic carbocycles. The third-order valence-corrected chi connectivity index (χ3v) is 4.22. The summed E-state index contributed by atoms with van der Waals surface area (Å²) in [7, 11) is 0. The first-order valence-electron chi connectivity index (χ1n) is 8.45. The first-order valence-corrected chi connectivity index (χ1v) is 8.45. The minimum Gasteiger partial charge on any atom is -0.423 e. The average molecular weight is 377 g/mol. The summed E-state index contributed by atoms with van der Waals surface area (Å²) in [6.45, 7) is 0.114. The van der Waals surface area contributed by atoms with Crippen LogP contribution in [0.4, 0.5) is 10.5 Å². The highest BCUT2D eigenvalue weighted by Crippen LogP contribution is 2.19. The molecule has 2 N–H and O–H groups in total. The third-order valence-electron chi connectivity index (χ3n) is 4.22. The van der Waals surface area contributed by atoms with Gasteiger partial charge in [0.2, 0.25) is 18.2 Å². The van der Waals surface area contributed by atoms with Crippen LogP contribution in [0.3, 0.4) is 0 Å². The highest BCUT2D eigenvalue weighted by molar-refractivity contribution is 6.04. The van der Waals surface area contributed by atoms with Crippen molar-refractivity contribution >= 4 is 23.5 Å². The molecule has 0 radical (unpaired) electrons. The van der Waals surface area contributed by atoms with Crippen LogP contribution in [0.15, 0.2) is 59.3 Å². The fraction of sp³-hybridized carbons (Fsp3) is 0.105. The highest BCUT2D eigenvalue weighted by Gasteiger charge is 2.28. The van der Waals surface area contributed by atoms with Gasteiger partial charge in [0.25, 0.3) is 5.91 Å². The molecule has 0 bridgehead atoms. The van der Waals surface area contributed by atoms with Crippen molar-refractivity contribution in [1.29, 1.82) is 0 Å². The molecular weight excluding hydrogens is 362 g/mol. The number of imide groups is 1. The van der Waals surface area contributed by atoms with E-state index in [-0.39, 0.29) is 24.9 Å². The largest absolute Gasteiger partial charge is 0.423 e. The van der Waals surface area contributed by atoms with Gasteiger partial charge in [-0.15, -0.1) is 10.2 Å². The van der Waals surface area contributed by atoms with E-state index in [9.17, 15) is 14.4 Å². The zero-order valence-electron chi connectivity index (χ0n) is 14.6. The van der Waals surface area contributed by atoms with Crippen molar-refractivity contribution < 1.29 is 18.8 Å². The summed E-state index contributed by atoms with van der Waals surface area (Å²) in [6, 6.07) is 13.3. The molecule has 1 aliphatic heterocycles. The molecule has 1 aliphatic rings. The van der Waals surface area contributed by atoms with Crippen molar-refractivity contribution in [3.8, 4) is 11.5 Å². The molecule has 2 heterocycles. The molecule has 0 spiro atoms. The summed E-state index contributed by atoms with van der Waals surface area (Å²) in [5, 5.41) is 12.7. The molecule has 140 valence electrons. The predicted molar refractivity (Wildman–Crippen MR) is 98.1 cm³/mol. The summed E-state index contributed by atoms with van der Waals surface area (Å²) in [5.74, 6) is -0.197. The number of hydrogen-bond donors (Lipinski definition) is 2. The number of nitrogens with zero attached hydrogens (tertiary/aromatic N) is 3. The fourth-order valence-electron chi connectivity index (χ4n) is 2.81. The van der Waals surface area contributed by atoms with Gasteiger partial charge >= 0.3 is 6.03 Å². The van der Waals surface area contributed by atoms with Crippen LogP contribution in [0.2, 0.25) is 0 Å². The van der Waals surface area contributed by atoms with E-state index in [1.807, 2.05) is 0 Å². The maximum absolute atomic E-state index is 12.5. The van der Waals surface area contributed by atoms with Gasteiger partial charge < -0.3 is 15.1 Å². The smallest absolute Gasteiger partial charge is 0.324 e. The van der Waals surface area contributed by atoms with Crippen molar-refractivity contribution in [3.05, 3.63) is 66.1 Å². The Balaban J connectivity index is 1.45. The van der Waals surface area contributed by atoms with Crippen LogP contribution in [0.25, 0.3) is 11.5 Å². The van der Waals surface area contributed by atoms with E-state index < -0.39 is 6.03 Å². The number of carbonyl (C=O) groups excluding carboxylic acids is 3. The standard InChI is InChI=1S/C19H15N5O4/c25-16-9-20-19(27)24(16)10-12-2-1-3-14(8-12)17(26)22-15-6-4-13(5-7-15)18-23-21-11-28-18/h1-8,11H,9-10H2,(H,20,27)(H,22,26). The lowest BCUT2D eigenvalue weighted by molar-refractivity contribution is -0.125. The number of carbonyl (C=O) groups is 3. The summed E-state index contributed by atoms with van der Waals surface area (Å²) in [4.78, 5) is 37.0. The SMILES string of the molecule is O=C(Nc1ccc(-c2nnco2)cc1)c1cccc(CN2C(=O)CNC2=O)c1. The monoisotopic (exact) mass is 377 g/mol.